The van der Waals surface area contributed by atoms with Gasteiger partial charge in [-0.05, 0) is 31.0 Å². The molecular weight excluding hydrogens is 292 g/mol. The van der Waals surface area contributed by atoms with Crippen molar-refractivity contribution < 1.29 is 18.3 Å². The number of aliphatic hydroxyl groups excluding tert-OH is 1. The Morgan fingerprint density at radius 2 is 1.95 bits per heavy atom. The first kappa shape index (κ1) is 17.7. The van der Waals surface area contributed by atoms with Gasteiger partial charge in [-0.2, -0.15) is 4.31 Å². The van der Waals surface area contributed by atoms with E-state index in [1.165, 1.54) is 29.6 Å². The van der Waals surface area contributed by atoms with Crippen molar-refractivity contribution in [1.29, 1.82) is 0 Å². The smallest absolute Gasteiger partial charge is 0.243 e. The molecule has 21 heavy (non-hydrogen) atoms. The first-order valence-corrected chi connectivity index (χ1v) is 8.42. The average molecular weight is 316 g/mol. The molecule has 0 heterocycles. The maximum Gasteiger partial charge on any atom is 0.243 e. The van der Waals surface area contributed by atoms with Crippen LogP contribution in [0.15, 0.2) is 23.1 Å². The van der Waals surface area contributed by atoms with Crippen molar-refractivity contribution in [2.45, 2.75) is 37.6 Å². The van der Waals surface area contributed by atoms with Crippen molar-refractivity contribution in [2.75, 3.05) is 26.0 Å². The number of benzene rings is 1. The molecule has 0 saturated heterocycles. The highest BCUT2D eigenvalue weighted by atomic mass is 32.2. The third kappa shape index (κ3) is 3.87. The van der Waals surface area contributed by atoms with Gasteiger partial charge >= 0.3 is 0 Å². The highest BCUT2D eigenvalue weighted by molar-refractivity contribution is 7.89. The van der Waals surface area contributed by atoms with E-state index in [1.807, 2.05) is 13.8 Å². The van der Waals surface area contributed by atoms with E-state index in [2.05, 4.69) is 0 Å². The van der Waals surface area contributed by atoms with E-state index in [4.69, 9.17) is 10.5 Å². The van der Waals surface area contributed by atoms with Gasteiger partial charge in [0.25, 0.3) is 0 Å². The van der Waals surface area contributed by atoms with Crippen LogP contribution in [0.2, 0.25) is 0 Å². The summed E-state index contributed by atoms with van der Waals surface area (Å²) in [6.45, 7) is 3.70. The molecular formula is C14H24N2O4S. The Hall–Kier alpha value is -1.31. The van der Waals surface area contributed by atoms with Crippen LogP contribution >= 0.6 is 0 Å². The number of aliphatic hydroxyl groups is 1. The van der Waals surface area contributed by atoms with Gasteiger partial charge in [0.05, 0.1) is 24.3 Å². The summed E-state index contributed by atoms with van der Waals surface area (Å²) in [5.41, 5.74) is 6.06. The second kappa shape index (κ2) is 7.63. The molecule has 1 rings (SSSR count). The van der Waals surface area contributed by atoms with Crippen molar-refractivity contribution in [3.8, 4) is 5.75 Å². The zero-order valence-corrected chi connectivity index (χ0v) is 13.6. The lowest BCUT2D eigenvalue weighted by molar-refractivity contribution is 0.219. The number of hydrogen-bond donors (Lipinski definition) is 2. The van der Waals surface area contributed by atoms with Gasteiger partial charge in [-0.25, -0.2) is 8.42 Å². The van der Waals surface area contributed by atoms with Gasteiger partial charge in [0, 0.05) is 12.6 Å². The topological polar surface area (TPSA) is 92.9 Å². The van der Waals surface area contributed by atoms with Crippen LogP contribution in [0.25, 0.3) is 0 Å². The predicted octanol–water partition coefficient (Wildman–Crippen LogP) is 1.45. The monoisotopic (exact) mass is 316 g/mol. The van der Waals surface area contributed by atoms with E-state index >= 15 is 0 Å². The Labute approximate surface area is 126 Å². The van der Waals surface area contributed by atoms with Crippen LogP contribution in [0.5, 0.6) is 5.75 Å². The first-order chi connectivity index (χ1) is 9.92. The molecule has 1 aromatic rings. The number of methoxy groups -OCH3 is 1. The maximum absolute atomic E-state index is 12.8. The quantitative estimate of drug-likeness (QED) is 0.708. The zero-order valence-electron chi connectivity index (χ0n) is 12.7. The van der Waals surface area contributed by atoms with Gasteiger partial charge < -0.3 is 15.6 Å². The molecule has 0 amide bonds. The largest absolute Gasteiger partial charge is 0.495 e. The van der Waals surface area contributed by atoms with Gasteiger partial charge in [0.15, 0.2) is 0 Å². The lowest BCUT2D eigenvalue weighted by Gasteiger charge is -2.29. The normalized spacial score (nSPS) is 12.1. The van der Waals surface area contributed by atoms with Gasteiger partial charge in [-0.3, -0.25) is 0 Å². The van der Waals surface area contributed by atoms with E-state index in [-0.39, 0.29) is 29.8 Å². The lowest BCUT2D eigenvalue weighted by Crippen LogP contribution is -2.41. The maximum atomic E-state index is 12.8. The summed E-state index contributed by atoms with van der Waals surface area (Å²) in [5, 5.41) is 9.17. The Bertz CT molecular complexity index is 556. The van der Waals surface area contributed by atoms with Crippen LogP contribution in [0.3, 0.4) is 0 Å². The van der Waals surface area contributed by atoms with Crippen LogP contribution in [-0.2, 0) is 10.0 Å². The van der Waals surface area contributed by atoms with Crippen molar-refractivity contribution in [2.24, 2.45) is 0 Å². The summed E-state index contributed by atoms with van der Waals surface area (Å²) >= 11 is 0. The summed E-state index contributed by atoms with van der Waals surface area (Å²) in [6.07, 6.45) is 1.36. The number of anilines is 1. The molecule has 0 aliphatic rings. The molecule has 0 radical (unpaired) electrons. The van der Waals surface area contributed by atoms with Crippen molar-refractivity contribution in [1.82, 2.24) is 4.31 Å². The van der Waals surface area contributed by atoms with Crippen LogP contribution in [0.1, 0.15) is 26.7 Å². The van der Waals surface area contributed by atoms with Crippen molar-refractivity contribution >= 4 is 15.7 Å². The number of ether oxygens (including phenoxy) is 1. The van der Waals surface area contributed by atoms with Crippen LogP contribution in [0, 0.1) is 0 Å². The molecule has 0 spiro atoms. The van der Waals surface area contributed by atoms with E-state index in [1.54, 1.807) is 0 Å². The van der Waals surface area contributed by atoms with Crippen LogP contribution in [0.4, 0.5) is 5.69 Å². The van der Waals surface area contributed by atoms with Crippen molar-refractivity contribution in [3.05, 3.63) is 18.2 Å². The predicted molar refractivity (Wildman–Crippen MR) is 82.8 cm³/mol. The van der Waals surface area contributed by atoms with Gasteiger partial charge in [-0.1, -0.05) is 13.8 Å². The zero-order chi connectivity index (χ0) is 16.0. The molecule has 0 unspecified atom stereocenters. The number of sulfonamides is 1. The number of rotatable bonds is 8. The minimum atomic E-state index is -3.70. The van der Waals surface area contributed by atoms with Gasteiger partial charge in [0.2, 0.25) is 10.0 Å². The van der Waals surface area contributed by atoms with E-state index in [9.17, 15) is 13.5 Å². The second-order valence-corrected chi connectivity index (χ2v) is 6.60. The SMILES string of the molecule is CCC(CC)N(CCO)S(=O)(=O)c1ccc(OC)c(N)c1. The summed E-state index contributed by atoms with van der Waals surface area (Å²) in [4.78, 5) is 0.112. The molecule has 0 bridgehead atoms. The van der Waals surface area contributed by atoms with Gasteiger partial charge in [0.1, 0.15) is 5.75 Å². The summed E-state index contributed by atoms with van der Waals surface area (Å²) in [7, 11) is -2.22. The molecule has 1 aromatic carbocycles. The molecule has 0 saturated carbocycles. The molecule has 0 aromatic heterocycles. The molecule has 0 atom stereocenters. The van der Waals surface area contributed by atoms with Gasteiger partial charge in [-0.15, -0.1) is 0 Å². The fourth-order valence-corrected chi connectivity index (χ4v) is 4.10. The molecule has 3 N–H and O–H groups in total. The summed E-state index contributed by atoms with van der Waals surface area (Å²) < 4.78 is 31.9. The lowest BCUT2D eigenvalue weighted by atomic mass is 10.2. The third-order valence-corrected chi connectivity index (χ3v) is 5.43. The Balaban J connectivity index is 3.25. The number of hydrogen-bond acceptors (Lipinski definition) is 5. The van der Waals surface area contributed by atoms with Crippen LogP contribution < -0.4 is 10.5 Å². The highest BCUT2D eigenvalue weighted by Crippen LogP contribution is 2.27. The minimum absolute atomic E-state index is 0.0701. The highest BCUT2D eigenvalue weighted by Gasteiger charge is 2.29. The van der Waals surface area contributed by atoms with Crippen molar-refractivity contribution in [3.63, 3.8) is 0 Å². The fourth-order valence-electron chi connectivity index (χ4n) is 2.30. The van der Waals surface area contributed by atoms with E-state index in [0.29, 0.717) is 18.6 Å². The van der Waals surface area contributed by atoms with Crippen LogP contribution in [-0.4, -0.2) is 44.1 Å². The number of nitrogen functional groups attached to an aromatic ring is 1. The molecule has 0 fully saturated rings. The van der Waals surface area contributed by atoms with E-state index in [0.717, 1.165) is 0 Å². The number of nitrogens with two attached hydrogens (primary N) is 1. The summed E-state index contributed by atoms with van der Waals surface area (Å²) in [6, 6.07) is 4.25. The van der Waals surface area contributed by atoms with E-state index < -0.39 is 10.0 Å². The fraction of sp³-hybridized carbons (Fsp3) is 0.571. The Kier molecular flexibility index (Phi) is 6.44. The molecule has 7 heteroatoms. The first-order valence-electron chi connectivity index (χ1n) is 6.98. The average Bonchev–Trinajstić information content (AvgIpc) is 2.47. The third-order valence-electron chi connectivity index (χ3n) is 3.48. The standard InChI is InChI=1S/C14H24N2O4S/c1-4-11(5-2)16(8-9-17)21(18,19)12-6-7-14(20-3)13(15)10-12/h6-7,10-11,17H,4-5,8-9,15H2,1-3H3. The molecule has 120 valence electrons. The summed E-state index contributed by atoms with van der Waals surface area (Å²) in [5.74, 6) is 0.435. The second-order valence-electron chi connectivity index (χ2n) is 4.71. The molecule has 0 aliphatic carbocycles. The Morgan fingerprint density at radius 1 is 1.33 bits per heavy atom. The Morgan fingerprint density at radius 3 is 2.38 bits per heavy atom. The minimum Gasteiger partial charge on any atom is -0.495 e. The number of nitrogens with zero attached hydrogens (tertiary/aromatic N) is 1. The molecule has 0 aliphatic heterocycles. The molecule has 6 nitrogen and oxygen atoms in total.